The third-order valence-corrected chi connectivity index (χ3v) is 10.7. The number of carbonyl (C=O) groups is 3. The first-order chi connectivity index (χ1) is 25.2. The second-order valence-electron chi connectivity index (χ2n) is 14.2. The molecule has 12 nitrogen and oxygen atoms in total. The molecular weight excluding hydrogens is 707 g/mol. The molecule has 2 aliphatic heterocycles. The molecule has 6 rings (SSSR count). The van der Waals surface area contributed by atoms with Crippen molar-refractivity contribution < 1.29 is 50.5 Å². The van der Waals surface area contributed by atoms with Crippen LogP contribution in [-0.2, 0) is 36.8 Å². The van der Waals surface area contributed by atoms with Crippen LogP contribution >= 0.6 is 0 Å². The zero-order valence-electron chi connectivity index (χ0n) is 29.5. The minimum absolute atomic E-state index is 0.0230. The van der Waals surface area contributed by atoms with E-state index in [0.717, 1.165) is 12.7 Å². The van der Waals surface area contributed by atoms with Gasteiger partial charge in [-0.05, 0) is 43.6 Å². The van der Waals surface area contributed by atoms with Crippen LogP contribution in [0.15, 0.2) is 42.6 Å². The molecule has 1 saturated carbocycles. The number of hydrogen-bond donors (Lipinski definition) is 2. The number of benzene rings is 1. The number of alkyl halides is 5. The summed E-state index contributed by atoms with van der Waals surface area (Å²) in [5.74, 6) is -7.29. The van der Waals surface area contributed by atoms with E-state index in [9.17, 15) is 36.3 Å². The molecule has 3 aliphatic rings. The van der Waals surface area contributed by atoms with Crippen LogP contribution in [0, 0.1) is 17.3 Å². The van der Waals surface area contributed by atoms with Crippen molar-refractivity contribution in [1.29, 1.82) is 0 Å². The standard InChI is InChI=1S/C36H43F5N6O6/c1-46(25-10-14-52-15-11-25)28-16-29-43-27(30(23-8-12-35(37,38)13-9-23)44-33(50)53-21-22-6-4-3-5-7-22)20-47(29)45-26(28)18-34(32(49)51-2)17-24(36(39,40)41)19-42-31(34)48/h3-7,16,20,23-25,30H,8-15,17-19,21H2,1-2H3,(H,42,48)(H,44,50)/t24-,30+,34?/m1/s1. The first kappa shape index (κ1) is 38.2. The molecule has 3 aromatic rings. The van der Waals surface area contributed by atoms with Gasteiger partial charge in [0.15, 0.2) is 11.1 Å². The van der Waals surface area contributed by atoms with E-state index in [4.69, 9.17) is 24.3 Å². The lowest BCUT2D eigenvalue weighted by molar-refractivity contribution is -0.195. The molecule has 3 fully saturated rings. The number of aromatic nitrogens is 3. The summed E-state index contributed by atoms with van der Waals surface area (Å²) in [4.78, 5) is 46.6. The van der Waals surface area contributed by atoms with Crippen LogP contribution in [0.25, 0.3) is 5.65 Å². The van der Waals surface area contributed by atoms with Crippen LogP contribution in [0.1, 0.15) is 67.9 Å². The third-order valence-electron chi connectivity index (χ3n) is 10.7. The number of amides is 2. The highest BCUT2D eigenvalue weighted by Crippen LogP contribution is 2.44. The Kier molecular flexibility index (Phi) is 11.1. The molecule has 288 valence electrons. The predicted molar refractivity (Wildman–Crippen MR) is 180 cm³/mol. The quantitative estimate of drug-likeness (QED) is 0.156. The van der Waals surface area contributed by atoms with Crippen LogP contribution < -0.4 is 15.5 Å². The van der Waals surface area contributed by atoms with Crippen molar-refractivity contribution in [2.75, 3.05) is 38.8 Å². The van der Waals surface area contributed by atoms with E-state index in [1.165, 1.54) is 10.7 Å². The predicted octanol–water partition coefficient (Wildman–Crippen LogP) is 5.54. The normalized spacial score (nSPS) is 23.2. The number of hydrogen-bond acceptors (Lipinski definition) is 9. The van der Waals surface area contributed by atoms with E-state index in [2.05, 4.69) is 10.6 Å². The van der Waals surface area contributed by atoms with Crippen molar-refractivity contribution >= 4 is 29.3 Å². The number of rotatable bonds is 10. The van der Waals surface area contributed by atoms with E-state index in [1.807, 2.05) is 11.0 Å². The van der Waals surface area contributed by atoms with Crippen molar-refractivity contribution in [1.82, 2.24) is 25.2 Å². The molecule has 1 unspecified atom stereocenters. The Hall–Kier alpha value is -4.54. The van der Waals surface area contributed by atoms with Gasteiger partial charge < -0.3 is 29.7 Å². The Morgan fingerprint density at radius 3 is 2.49 bits per heavy atom. The number of esters is 1. The Balaban J connectivity index is 1.39. The maximum absolute atomic E-state index is 14.2. The van der Waals surface area contributed by atoms with Gasteiger partial charge in [-0.15, -0.1) is 0 Å². The van der Waals surface area contributed by atoms with Crippen molar-refractivity contribution in [3.8, 4) is 0 Å². The van der Waals surface area contributed by atoms with Gasteiger partial charge in [-0.3, -0.25) is 9.59 Å². The van der Waals surface area contributed by atoms with Gasteiger partial charge in [0, 0.05) is 58.2 Å². The summed E-state index contributed by atoms with van der Waals surface area (Å²) < 4.78 is 87.9. The van der Waals surface area contributed by atoms with E-state index < -0.39 is 72.7 Å². The zero-order valence-corrected chi connectivity index (χ0v) is 29.5. The van der Waals surface area contributed by atoms with Crippen molar-refractivity contribution in [2.24, 2.45) is 17.3 Å². The van der Waals surface area contributed by atoms with Gasteiger partial charge in [0.05, 0.1) is 42.3 Å². The number of methoxy groups -OCH3 is 1. The number of imidazole rings is 1. The molecular formula is C36H43F5N6O6. The molecule has 2 aromatic heterocycles. The highest BCUT2D eigenvalue weighted by Gasteiger charge is 2.57. The molecule has 2 amide bonds. The lowest BCUT2D eigenvalue weighted by atomic mass is 9.71. The van der Waals surface area contributed by atoms with Gasteiger partial charge in [0.1, 0.15) is 6.61 Å². The molecule has 17 heteroatoms. The highest BCUT2D eigenvalue weighted by molar-refractivity contribution is 6.03. The summed E-state index contributed by atoms with van der Waals surface area (Å²) in [5.41, 5.74) is -0.338. The molecule has 0 radical (unpaired) electrons. The van der Waals surface area contributed by atoms with Gasteiger partial charge in [0.25, 0.3) is 0 Å². The molecule has 4 heterocycles. The molecule has 3 atom stereocenters. The number of alkyl carbamates (subject to hydrolysis) is 1. The van der Waals surface area contributed by atoms with Gasteiger partial charge in [-0.1, -0.05) is 30.3 Å². The van der Waals surface area contributed by atoms with Gasteiger partial charge in [-0.25, -0.2) is 23.1 Å². The first-order valence-corrected chi connectivity index (χ1v) is 17.7. The Morgan fingerprint density at radius 1 is 1.13 bits per heavy atom. The molecule has 1 aliphatic carbocycles. The van der Waals surface area contributed by atoms with Crippen LogP contribution in [0.2, 0.25) is 0 Å². The number of nitrogens with zero attached hydrogens (tertiary/aromatic N) is 4. The molecule has 0 spiro atoms. The van der Waals surface area contributed by atoms with Crippen LogP contribution in [0.5, 0.6) is 0 Å². The minimum Gasteiger partial charge on any atom is -0.468 e. The maximum Gasteiger partial charge on any atom is 0.408 e. The summed E-state index contributed by atoms with van der Waals surface area (Å²) in [5, 5.41) is 9.84. The number of halogens is 5. The summed E-state index contributed by atoms with van der Waals surface area (Å²) in [6.45, 7) is 0.250. The molecule has 2 saturated heterocycles. The number of nitrogens with one attached hydrogen (secondary N) is 2. The van der Waals surface area contributed by atoms with Crippen molar-refractivity contribution in [3.05, 3.63) is 59.5 Å². The second kappa shape index (κ2) is 15.4. The Morgan fingerprint density at radius 2 is 1.83 bits per heavy atom. The fraction of sp³-hybridized carbons (Fsp3) is 0.583. The number of carbonyl (C=O) groups excluding carboxylic acids is 3. The van der Waals surface area contributed by atoms with Gasteiger partial charge in [0.2, 0.25) is 11.8 Å². The van der Waals surface area contributed by atoms with Crippen LogP contribution in [-0.4, -0.2) is 84.6 Å². The molecule has 0 bridgehead atoms. The number of piperidine rings is 1. The minimum atomic E-state index is -4.70. The Labute approximate surface area is 302 Å². The molecule has 53 heavy (non-hydrogen) atoms. The van der Waals surface area contributed by atoms with E-state index >= 15 is 0 Å². The Bertz CT molecular complexity index is 1770. The van der Waals surface area contributed by atoms with Gasteiger partial charge >= 0.3 is 18.2 Å². The lowest BCUT2D eigenvalue weighted by Gasteiger charge is -2.39. The first-order valence-electron chi connectivity index (χ1n) is 17.7. The topological polar surface area (TPSA) is 136 Å². The average Bonchev–Trinajstić information content (AvgIpc) is 3.56. The van der Waals surface area contributed by atoms with Crippen molar-refractivity contribution in [2.45, 2.75) is 82.2 Å². The van der Waals surface area contributed by atoms with Crippen LogP contribution in [0.4, 0.5) is 32.4 Å². The highest BCUT2D eigenvalue weighted by atomic mass is 19.4. The summed E-state index contributed by atoms with van der Waals surface area (Å²) >= 11 is 0. The number of ether oxygens (including phenoxy) is 3. The zero-order chi connectivity index (χ0) is 38.0. The summed E-state index contributed by atoms with van der Waals surface area (Å²) in [6.07, 6.45) is -4.62. The van der Waals surface area contributed by atoms with E-state index in [0.29, 0.717) is 37.4 Å². The third kappa shape index (κ3) is 8.49. The van der Waals surface area contributed by atoms with Gasteiger partial charge in [-0.2, -0.15) is 18.3 Å². The molecule has 2 N–H and O–H groups in total. The van der Waals surface area contributed by atoms with Crippen molar-refractivity contribution in [3.63, 3.8) is 0 Å². The fourth-order valence-corrected chi connectivity index (χ4v) is 7.62. The molecule has 1 aromatic carbocycles. The second-order valence-corrected chi connectivity index (χ2v) is 14.2. The van der Waals surface area contributed by atoms with Crippen LogP contribution in [0.3, 0.4) is 0 Å². The average molecular weight is 751 g/mol. The SMILES string of the molecule is COC(=O)C1(Cc2nn3cc([C@@H](NC(=O)OCc4ccccc4)C4CCC(F)(F)CC4)nc3cc2N(C)C2CCOCC2)C[C@@H](C(F)(F)F)CNC1=O. The maximum atomic E-state index is 14.2. The number of fused-ring (bicyclic) bond motifs is 1. The number of anilines is 1. The fourth-order valence-electron chi connectivity index (χ4n) is 7.62. The monoisotopic (exact) mass is 750 g/mol. The van der Waals surface area contributed by atoms with E-state index in [-0.39, 0.29) is 49.7 Å². The summed E-state index contributed by atoms with van der Waals surface area (Å²) in [6, 6.07) is 9.74. The summed E-state index contributed by atoms with van der Waals surface area (Å²) in [7, 11) is 2.80. The lowest BCUT2D eigenvalue weighted by Crippen LogP contribution is -2.58. The largest absolute Gasteiger partial charge is 0.468 e. The smallest absolute Gasteiger partial charge is 0.408 e. The van der Waals surface area contributed by atoms with E-state index in [1.54, 1.807) is 37.4 Å².